The molecule has 1 N–H and O–H groups in total. The first-order valence-electron chi connectivity index (χ1n) is 7.56. The van der Waals surface area contributed by atoms with Gasteiger partial charge in [-0.25, -0.2) is 0 Å². The Hall–Kier alpha value is -1.03. The van der Waals surface area contributed by atoms with Gasteiger partial charge in [0.15, 0.2) is 0 Å². The number of piperazine rings is 1. The highest BCUT2D eigenvalue weighted by Gasteiger charge is 2.54. The van der Waals surface area contributed by atoms with Crippen LogP contribution < -0.4 is 5.32 Å². The molecule has 1 aliphatic heterocycles. The number of nitrogens with one attached hydrogen (secondary N) is 1. The second-order valence-electron chi connectivity index (χ2n) is 6.23. The number of nitrogens with zero attached hydrogens (tertiary/aromatic N) is 1. The van der Waals surface area contributed by atoms with E-state index in [9.17, 15) is 9.59 Å². The standard InChI is InChI=1S/C15H21ClN2O2/c16-9-4-10-18-12(11-5-6-11)13(19)17-15(14(18)20)7-2-1-3-8-15/h4,9,11-12H,1-3,5-8,10H2,(H,17,19)/b9-4+. The Morgan fingerprint density at radius 1 is 1.25 bits per heavy atom. The van der Waals surface area contributed by atoms with E-state index in [0.717, 1.165) is 44.9 Å². The van der Waals surface area contributed by atoms with E-state index in [4.69, 9.17) is 11.6 Å². The van der Waals surface area contributed by atoms with Gasteiger partial charge in [-0.3, -0.25) is 9.59 Å². The summed E-state index contributed by atoms with van der Waals surface area (Å²) in [4.78, 5) is 27.2. The summed E-state index contributed by atoms with van der Waals surface area (Å²) in [6.45, 7) is 0.443. The molecule has 0 bridgehead atoms. The van der Waals surface area contributed by atoms with Crippen LogP contribution in [0.2, 0.25) is 0 Å². The van der Waals surface area contributed by atoms with Crippen molar-refractivity contribution in [3.63, 3.8) is 0 Å². The molecule has 0 aromatic carbocycles. The maximum Gasteiger partial charge on any atom is 0.249 e. The van der Waals surface area contributed by atoms with Crippen molar-refractivity contribution in [1.82, 2.24) is 10.2 Å². The minimum Gasteiger partial charge on any atom is -0.340 e. The van der Waals surface area contributed by atoms with E-state index >= 15 is 0 Å². The molecule has 110 valence electrons. The second kappa shape index (κ2) is 5.40. The zero-order valence-corrected chi connectivity index (χ0v) is 12.4. The molecule has 0 aromatic heterocycles. The van der Waals surface area contributed by atoms with Crippen molar-refractivity contribution in [2.45, 2.75) is 56.5 Å². The van der Waals surface area contributed by atoms with Gasteiger partial charge in [0, 0.05) is 12.1 Å². The summed E-state index contributed by atoms with van der Waals surface area (Å²) in [5.41, 5.74) is 0.790. The predicted molar refractivity (Wildman–Crippen MR) is 77.2 cm³/mol. The fraction of sp³-hybridized carbons (Fsp3) is 0.733. The van der Waals surface area contributed by atoms with Gasteiger partial charge in [-0.2, -0.15) is 0 Å². The Morgan fingerprint density at radius 3 is 2.55 bits per heavy atom. The van der Waals surface area contributed by atoms with E-state index in [1.807, 2.05) is 0 Å². The molecule has 3 aliphatic rings. The molecule has 1 saturated heterocycles. The van der Waals surface area contributed by atoms with Crippen LogP contribution in [-0.4, -0.2) is 34.8 Å². The molecule has 1 heterocycles. The van der Waals surface area contributed by atoms with Crippen molar-refractivity contribution < 1.29 is 9.59 Å². The van der Waals surface area contributed by atoms with Crippen LogP contribution in [0.15, 0.2) is 11.6 Å². The first kappa shape index (κ1) is 13.9. The van der Waals surface area contributed by atoms with Gasteiger partial charge in [-0.1, -0.05) is 36.9 Å². The molecule has 1 unspecified atom stereocenters. The molecule has 3 rings (SSSR count). The van der Waals surface area contributed by atoms with E-state index in [-0.39, 0.29) is 17.9 Å². The summed E-state index contributed by atoms with van der Waals surface area (Å²) in [7, 11) is 0. The Labute approximate surface area is 124 Å². The lowest BCUT2D eigenvalue weighted by Crippen LogP contribution is -2.71. The van der Waals surface area contributed by atoms with E-state index in [0.29, 0.717) is 12.5 Å². The second-order valence-corrected chi connectivity index (χ2v) is 6.49. The average Bonchev–Trinajstić information content (AvgIpc) is 3.26. The lowest BCUT2D eigenvalue weighted by molar-refractivity contribution is -0.156. The van der Waals surface area contributed by atoms with Gasteiger partial charge in [0.25, 0.3) is 0 Å². The van der Waals surface area contributed by atoms with E-state index in [1.165, 1.54) is 5.54 Å². The highest BCUT2D eigenvalue weighted by atomic mass is 35.5. The Bertz CT molecular complexity index is 439. The third-order valence-electron chi connectivity index (χ3n) is 4.80. The maximum atomic E-state index is 12.9. The molecule has 0 radical (unpaired) electrons. The Morgan fingerprint density at radius 2 is 1.95 bits per heavy atom. The lowest BCUT2D eigenvalue weighted by atomic mass is 9.78. The summed E-state index contributed by atoms with van der Waals surface area (Å²) in [6.07, 6.45) is 8.56. The number of halogens is 1. The van der Waals surface area contributed by atoms with Gasteiger partial charge in [0.05, 0.1) is 0 Å². The molecule has 2 amide bonds. The molecule has 0 aromatic rings. The van der Waals surface area contributed by atoms with E-state index < -0.39 is 5.54 Å². The van der Waals surface area contributed by atoms with Crippen molar-refractivity contribution in [2.24, 2.45) is 5.92 Å². The fourth-order valence-corrected chi connectivity index (χ4v) is 3.71. The van der Waals surface area contributed by atoms with Crippen LogP contribution in [0.4, 0.5) is 0 Å². The molecular weight excluding hydrogens is 276 g/mol. The molecule has 2 saturated carbocycles. The van der Waals surface area contributed by atoms with Crippen LogP contribution in [-0.2, 0) is 9.59 Å². The van der Waals surface area contributed by atoms with Crippen molar-refractivity contribution >= 4 is 23.4 Å². The van der Waals surface area contributed by atoms with Crippen LogP contribution >= 0.6 is 11.6 Å². The summed E-state index contributed by atoms with van der Waals surface area (Å²) in [5, 5.41) is 3.07. The summed E-state index contributed by atoms with van der Waals surface area (Å²) in [6, 6.07) is -0.289. The number of carbonyl (C=O) groups is 2. The molecule has 2 aliphatic carbocycles. The number of amides is 2. The summed E-state index contributed by atoms with van der Waals surface area (Å²) in [5.74, 6) is 0.476. The summed E-state index contributed by atoms with van der Waals surface area (Å²) < 4.78 is 0. The third-order valence-corrected chi connectivity index (χ3v) is 4.98. The SMILES string of the molecule is O=C1NC2(CCCCC2)C(=O)N(C/C=C/Cl)C1C1CC1. The van der Waals surface area contributed by atoms with Crippen LogP contribution in [0.5, 0.6) is 0 Å². The Balaban J connectivity index is 1.87. The fourth-order valence-electron chi connectivity index (χ4n) is 3.63. The third kappa shape index (κ3) is 2.34. The van der Waals surface area contributed by atoms with Crippen molar-refractivity contribution in [2.75, 3.05) is 6.54 Å². The number of hydrogen-bond acceptors (Lipinski definition) is 2. The van der Waals surface area contributed by atoms with Gasteiger partial charge < -0.3 is 10.2 Å². The number of carbonyl (C=O) groups excluding carboxylic acids is 2. The number of rotatable bonds is 3. The topological polar surface area (TPSA) is 49.4 Å². The van der Waals surface area contributed by atoms with Crippen molar-refractivity contribution in [3.05, 3.63) is 11.6 Å². The first-order chi connectivity index (χ1) is 9.68. The van der Waals surface area contributed by atoms with E-state index in [2.05, 4.69) is 5.32 Å². The molecule has 5 heteroatoms. The van der Waals surface area contributed by atoms with Crippen molar-refractivity contribution in [3.8, 4) is 0 Å². The molecule has 1 spiro atoms. The smallest absolute Gasteiger partial charge is 0.249 e. The molecular formula is C15H21ClN2O2. The highest BCUT2D eigenvalue weighted by Crippen LogP contribution is 2.41. The number of hydrogen-bond donors (Lipinski definition) is 1. The largest absolute Gasteiger partial charge is 0.340 e. The van der Waals surface area contributed by atoms with Crippen LogP contribution in [0.25, 0.3) is 0 Å². The minimum absolute atomic E-state index is 0.0389. The van der Waals surface area contributed by atoms with Gasteiger partial charge in [-0.15, -0.1) is 0 Å². The van der Waals surface area contributed by atoms with Crippen molar-refractivity contribution in [1.29, 1.82) is 0 Å². The molecule has 1 atom stereocenters. The van der Waals surface area contributed by atoms with E-state index in [1.54, 1.807) is 11.0 Å². The quantitative estimate of drug-likeness (QED) is 0.868. The zero-order valence-electron chi connectivity index (χ0n) is 11.6. The highest BCUT2D eigenvalue weighted by molar-refractivity contribution is 6.25. The summed E-state index contributed by atoms with van der Waals surface area (Å²) >= 11 is 5.61. The molecule has 3 fully saturated rings. The van der Waals surface area contributed by atoms with Gasteiger partial charge in [0.1, 0.15) is 11.6 Å². The molecule has 20 heavy (non-hydrogen) atoms. The lowest BCUT2D eigenvalue weighted by Gasteiger charge is -2.47. The normalized spacial score (nSPS) is 30.1. The van der Waals surface area contributed by atoms with Gasteiger partial charge >= 0.3 is 0 Å². The molecule has 4 nitrogen and oxygen atoms in total. The van der Waals surface area contributed by atoms with Crippen LogP contribution in [0, 0.1) is 5.92 Å². The predicted octanol–water partition coefficient (Wildman–Crippen LogP) is 2.18. The Kier molecular flexibility index (Phi) is 3.76. The minimum atomic E-state index is -0.638. The zero-order chi connectivity index (χ0) is 14.2. The van der Waals surface area contributed by atoms with Crippen LogP contribution in [0.3, 0.4) is 0 Å². The maximum absolute atomic E-state index is 12.9. The van der Waals surface area contributed by atoms with Gasteiger partial charge in [-0.05, 0) is 31.6 Å². The average molecular weight is 297 g/mol. The van der Waals surface area contributed by atoms with Crippen LogP contribution in [0.1, 0.15) is 44.9 Å². The van der Waals surface area contributed by atoms with Gasteiger partial charge in [0.2, 0.25) is 11.8 Å². The first-order valence-corrected chi connectivity index (χ1v) is 8.00. The monoisotopic (exact) mass is 296 g/mol.